The Hall–Kier alpha value is -2.73. The number of hydrogen-bond acceptors (Lipinski definition) is 5. The van der Waals surface area contributed by atoms with Crippen LogP contribution in [-0.2, 0) is 14.3 Å². The molecule has 2 aromatic rings. The predicted molar refractivity (Wildman–Crippen MR) is 98.7 cm³/mol. The number of halogens is 1. The van der Waals surface area contributed by atoms with Crippen molar-refractivity contribution < 1.29 is 23.8 Å². The molecule has 0 heterocycles. The van der Waals surface area contributed by atoms with Gasteiger partial charge in [-0.1, -0.05) is 29.8 Å². The van der Waals surface area contributed by atoms with Gasteiger partial charge in [0.25, 0.3) is 5.91 Å². The molecule has 0 spiro atoms. The van der Waals surface area contributed by atoms with Gasteiger partial charge in [0.15, 0.2) is 12.2 Å². The van der Waals surface area contributed by atoms with Crippen molar-refractivity contribution in [1.29, 1.82) is 0 Å². The van der Waals surface area contributed by atoms with Crippen molar-refractivity contribution >= 4 is 29.2 Å². The number of methoxy groups -OCH3 is 1. The van der Waals surface area contributed by atoms with E-state index in [1.54, 1.807) is 49.4 Å². The van der Waals surface area contributed by atoms with Gasteiger partial charge in [0, 0.05) is 5.02 Å². The zero-order chi connectivity index (χ0) is 19.1. The molecule has 1 N–H and O–H groups in total. The van der Waals surface area contributed by atoms with Gasteiger partial charge in [0.2, 0.25) is 0 Å². The Labute approximate surface area is 157 Å². The van der Waals surface area contributed by atoms with Crippen molar-refractivity contribution in [2.45, 2.75) is 26.1 Å². The molecule has 0 aliphatic carbocycles. The zero-order valence-corrected chi connectivity index (χ0v) is 15.4. The highest BCUT2D eigenvalue weighted by molar-refractivity contribution is 6.31. The van der Waals surface area contributed by atoms with Gasteiger partial charge in [-0.25, -0.2) is 4.79 Å². The number of esters is 1. The minimum absolute atomic E-state index is 0.390. The molecule has 2 atom stereocenters. The summed E-state index contributed by atoms with van der Waals surface area (Å²) >= 11 is 5.93. The summed E-state index contributed by atoms with van der Waals surface area (Å²) in [5.41, 5.74) is 0.390. The number of carbonyl (C=O) groups excluding carboxylic acids is 2. The van der Waals surface area contributed by atoms with Crippen molar-refractivity contribution in [1.82, 2.24) is 0 Å². The lowest BCUT2D eigenvalue weighted by molar-refractivity contribution is -0.159. The number of benzene rings is 2. The number of nitrogens with one attached hydrogen (secondary N) is 1. The molecule has 6 nitrogen and oxygen atoms in total. The molecule has 7 heteroatoms. The maximum atomic E-state index is 12.3. The molecular formula is C19H20ClNO5. The molecule has 0 aliphatic rings. The van der Waals surface area contributed by atoms with E-state index in [4.69, 9.17) is 25.8 Å². The predicted octanol–water partition coefficient (Wildman–Crippen LogP) is 3.69. The molecule has 2 aromatic carbocycles. The lowest BCUT2D eigenvalue weighted by Crippen LogP contribution is -2.35. The smallest absolute Gasteiger partial charge is 0.347 e. The van der Waals surface area contributed by atoms with Crippen molar-refractivity contribution in [2.24, 2.45) is 0 Å². The van der Waals surface area contributed by atoms with E-state index in [2.05, 4.69) is 5.32 Å². The standard InChI is InChI=1S/C19H20ClNO5/c1-12(18(22)21-16-11-14(20)9-10-17(16)24-3)26-19(23)13(2)25-15-7-5-4-6-8-15/h4-13H,1-3H3,(H,21,22)/t12-,13+/m1/s1. The number of anilines is 1. The molecule has 26 heavy (non-hydrogen) atoms. The number of rotatable bonds is 7. The third-order valence-electron chi connectivity index (χ3n) is 3.47. The number of hydrogen-bond donors (Lipinski definition) is 1. The zero-order valence-electron chi connectivity index (χ0n) is 14.7. The van der Waals surface area contributed by atoms with Gasteiger partial charge in [-0.05, 0) is 44.2 Å². The van der Waals surface area contributed by atoms with Crippen LogP contribution in [0, 0.1) is 0 Å². The monoisotopic (exact) mass is 377 g/mol. The lowest BCUT2D eigenvalue weighted by atomic mass is 10.2. The summed E-state index contributed by atoms with van der Waals surface area (Å²) in [5.74, 6) is -0.167. The fourth-order valence-corrected chi connectivity index (χ4v) is 2.26. The van der Waals surface area contributed by atoms with E-state index in [0.29, 0.717) is 22.2 Å². The number of ether oxygens (including phenoxy) is 3. The van der Waals surface area contributed by atoms with E-state index in [1.807, 2.05) is 6.07 Å². The van der Waals surface area contributed by atoms with Crippen LogP contribution in [0.15, 0.2) is 48.5 Å². The summed E-state index contributed by atoms with van der Waals surface area (Å²) in [6.07, 6.45) is -1.87. The van der Waals surface area contributed by atoms with Crippen LogP contribution in [0.1, 0.15) is 13.8 Å². The number of amides is 1. The van der Waals surface area contributed by atoms with Gasteiger partial charge in [-0.15, -0.1) is 0 Å². The number of carbonyl (C=O) groups is 2. The van der Waals surface area contributed by atoms with E-state index in [-0.39, 0.29) is 0 Å². The number of para-hydroxylation sites is 1. The molecule has 0 fully saturated rings. The third kappa shape index (κ3) is 5.39. The normalized spacial score (nSPS) is 12.6. The molecule has 138 valence electrons. The second-order valence-corrected chi connectivity index (χ2v) is 5.92. The quantitative estimate of drug-likeness (QED) is 0.745. The molecule has 1 amide bonds. The van der Waals surface area contributed by atoms with Gasteiger partial charge < -0.3 is 19.5 Å². The second kappa shape index (κ2) is 9.10. The summed E-state index contributed by atoms with van der Waals surface area (Å²) in [6.45, 7) is 3.03. The van der Waals surface area contributed by atoms with Crippen LogP contribution in [0.2, 0.25) is 5.02 Å². The average Bonchev–Trinajstić information content (AvgIpc) is 2.62. The molecule has 0 aliphatic heterocycles. The molecule has 0 unspecified atom stereocenters. The Bertz CT molecular complexity index is 766. The molecule has 0 radical (unpaired) electrons. The van der Waals surface area contributed by atoms with Crippen LogP contribution >= 0.6 is 11.6 Å². The van der Waals surface area contributed by atoms with Crippen molar-refractivity contribution in [3.63, 3.8) is 0 Å². The molecule has 0 saturated carbocycles. The summed E-state index contributed by atoms with van der Waals surface area (Å²) in [6, 6.07) is 13.7. The molecule has 0 bridgehead atoms. The summed E-state index contributed by atoms with van der Waals surface area (Å²) < 4.78 is 15.8. The summed E-state index contributed by atoms with van der Waals surface area (Å²) in [7, 11) is 1.48. The first-order valence-corrected chi connectivity index (χ1v) is 8.35. The molecular weight excluding hydrogens is 358 g/mol. The minimum atomic E-state index is -1.02. The van der Waals surface area contributed by atoms with E-state index in [9.17, 15) is 9.59 Å². The Balaban J connectivity index is 1.94. The van der Waals surface area contributed by atoms with Crippen molar-refractivity contribution in [3.8, 4) is 11.5 Å². The Morgan fingerprint density at radius 1 is 1.04 bits per heavy atom. The van der Waals surface area contributed by atoms with Gasteiger partial charge in [0.05, 0.1) is 12.8 Å². The minimum Gasteiger partial charge on any atom is -0.495 e. The average molecular weight is 378 g/mol. The summed E-state index contributed by atoms with van der Waals surface area (Å²) in [4.78, 5) is 24.4. The molecule has 2 rings (SSSR count). The highest BCUT2D eigenvalue weighted by Crippen LogP contribution is 2.27. The Morgan fingerprint density at radius 2 is 1.73 bits per heavy atom. The molecule has 0 aromatic heterocycles. The van der Waals surface area contributed by atoms with E-state index < -0.39 is 24.1 Å². The highest BCUT2D eigenvalue weighted by Gasteiger charge is 2.24. The first kappa shape index (κ1) is 19.6. The topological polar surface area (TPSA) is 73.9 Å². The van der Waals surface area contributed by atoms with Crippen LogP contribution in [0.4, 0.5) is 5.69 Å². The van der Waals surface area contributed by atoms with E-state index >= 15 is 0 Å². The van der Waals surface area contributed by atoms with Crippen molar-refractivity contribution in [2.75, 3.05) is 12.4 Å². The van der Waals surface area contributed by atoms with Gasteiger partial charge in [-0.2, -0.15) is 0 Å². The van der Waals surface area contributed by atoms with Crippen LogP contribution in [0.25, 0.3) is 0 Å². The van der Waals surface area contributed by atoms with Gasteiger partial charge in [-0.3, -0.25) is 4.79 Å². The van der Waals surface area contributed by atoms with Crippen molar-refractivity contribution in [3.05, 3.63) is 53.6 Å². The Morgan fingerprint density at radius 3 is 2.38 bits per heavy atom. The highest BCUT2D eigenvalue weighted by atomic mass is 35.5. The Kier molecular flexibility index (Phi) is 6.86. The largest absolute Gasteiger partial charge is 0.495 e. The first-order valence-electron chi connectivity index (χ1n) is 7.97. The van der Waals surface area contributed by atoms with E-state index in [0.717, 1.165) is 0 Å². The maximum absolute atomic E-state index is 12.3. The van der Waals surface area contributed by atoms with Crippen LogP contribution in [0.3, 0.4) is 0 Å². The van der Waals surface area contributed by atoms with Crippen LogP contribution in [0.5, 0.6) is 11.5 Å². The van der Waals surface area contributed by atoms with Gasteiger partial charge >= 0.3 is 5.97 Å². The fourth-order valence-electron chi connectivity index (χ4n) is 2.09. The maximum Gasteiger partial charge on any atom is 0.347 e. The fraction of sp³-hybridized carbons (Fsp3) is 0.263. The SMILES string of the molecule is COc1ccc(Cl)cc1NC(=O)[C@@H](C)OC(=O)[C@H](C)Oc1ccccc1. The first-order chi connectivity index (χ1) is 12.4. The van der Waals surface area contributed by atoms with E-state index in [1.165, 1.54) is 14.0 Å². The van der Waals surface area contributed by atoms with Gasteiger partial charge in [0.1, 0.15) is 11.5 Å². The molecule has 0 saturated heterocycles. The van der Waals surface area contributed by atoms with Crippen LogP contribution < -0.4 is 14.8 Å². The lowest BCUT2D eigenvalue weighted by Gasteiger charge is -2.18. The van der Waals surface area contributed by atoms with Crippen LogP contribution in [-0.4, -0.2) is 31.2 Å². The third-order valence-corrected chi connectivity index (χ3v) is 3.70. The second-order valence-electron chi connectivity index (χ2n) is 5.49. The summed E-state index contributed by atoms with van der Waals surface area (Å²) in [5, 5.41) is 3.07.